The summed E-state index contributed by atoms with van der Waals surface area (Å²) in [5.74, 6) is 0. The molecule has 0 aliphatic rings. The summed E-state index contributed by atoms with van der Waals surface area (Å²) < 4.78 is 0. The Labute approximate surface area is 77.4 Å². The van der Waals surface area contributed by atoms with Crippen LogP contribution in [-0.4, -0.2) is 7.85 Å². The first-order chi connectivity index (χ1) is 5.74. The van der Waals surface area contributed by atoms with Crippen LogP contribution >= 0.6 is 0 Å². The van der Waals surface area contributed by atoms with E-state index in [4.69, 9.17) is 7.85 Å². The summed E-state index contributed by atoms with van der Waals surface area (Å²) in [4.78, 5) is 0. The van der Waals surface area contributed by atoms with Gasteiger partial charge in [0, 0.05) is 0 Å². The maximum atomic E-state index is 5.60. The van der Waals surface area contributed by atoms with E-state index in [-0.39, 0.29) is 0 Å². The lowest BCUT2D eigenvalue weighted by Crippen LogP contribution is -2.03. The third-order valence-corrected chi connectivity index (χ3v) is 1.75. The molecular weight excluding hydrogens is 143 g/mol. The van der Waals surface area contributed by atoms with Crippen molar-refractivity contribution in [2.45, 2.75) is 34.1 Å². The van der Waals surface area contributed by atoms with Crippen LogP contribution in [0.2, 0.25) is 0 Å². The number of hydrogen-bond acceptors (Lipinski definition) is 0. The van der Waals surface area contributed by atoms with Crippen molar-refractivity contribution in [1.29, 1.82) is 0 Å². The Morgan fingerprint density at radius 3 is 2.25 bits per heavy atom. The Morgan fingerprint density at radius 1 is 1.25 bits per heavy atom. The Hall–Kier alpha value is -0.715. The van der Waals surface area contributed by atoms with E-state index in [2.05, 4.69) is 19.9 Å². The molecule has 0 aromatic heterocycles. The molecule has 1 aromatic carbocycles. The van der Waals surface area contributed by atoms with Crippen LogP contribution in [0, 0.1) is 6.92 Å². The van der Waals surface area contributed by atoms with Crippen molar-refractivity contribution in [3.8, 4) is 0 Å². The van der Waals surface area contributed by atoms with E-state index in [1.165, 1.54) is 11.1 Å². The Morgan fingerprint density at radius 2 is 1.83 bits per heavy atom. The van der Waals surface area contributed by atoms with Gasteiger partial charge in [-0.25, -0.2) is 0 Å². The molecular formula is C11H17B. The summed E-state index contributed by atoms with van der Waals surface area (Å²) in [5.41, 5.74) is 3.54. The van der Waals surface area contributed by atoms with Crippen molar-refractivity contribution in [3.63, 3.8) is 0 Å². The molecule has 0 saturated heterocycles. The first-order valence-corrected chi connectivity index (χ1v) is 4.59. The van der Waals surface area contributed by atoms with Crippen LogP contribution in [0.5, 0.6) is 0 Å². The highest BCUT2D eigenvalue weighted by Gasteiger charge is 1.93. The summed E-state index contributed by atoms with van der Waals surface area (Å²) in [6, 6.07) is 6.04. The summed E-state index contributed by atoms with van der Waals surface area (Å²) >= 11 is 0. The highest BCUT2D eigenvalue weighted by Crippen LogP contribution is 2.04. The second-order valence-electron chi connectivity index (χ2n) is 2.54. The molecule has 0 amide bonds. The van der Waals surface area contributed by atoms with Crippen LogP contribution in [0.3, 0.4) is 0 Å². The van der Waals surface area contributed by atoms with Gasteiger partial charge in [0.05, 0.1) is 0 Å². The van der Waals surface area contributed by atoms with Gasteiger partial charge >= 0.3 is 0 Å². The zero-order valence-electron chi connectivity index (χ0n) is 8.52. The van der Waals surface area contributed by atoms with E-state index in [9.17, 15) is 0 Å². The van der Waals surface area contributed by atoms with Gasteiger partial charge in [0.15, 0.2) is 0 Å². The van der Waals surface area contributed by atoms with Gasteiger partial charge in [0.25, 0.3) is 0 Å². The summed E-state index contributed by atoms with van der Waals surface area (Å²) in [5, 5.41) is 0. The van der Waals surface area contributed by atoms with Crippen molar-refractivity contribution in [2.24, 2.45) is 0 Å². The van der Waals surface area contributed by atoms with Gasteiger partial charge in [-0.15, -0.1) is 0 Å². The van der Waals surface area contributed by atoms with Crippen LogP contribution in [0.25, 0.3) is 0 Å². The lowest BCUT2D eigenvalue weighted by Gasteiger charge is -2.02. The molecule has 0 bridgehead atoms. The molecule has 0 aliphatic heterocycles. The Bertz CT molecular complexity index is 228. The van der Waals surface area contributed by atoms with Gasteiger partial charge in [0.2, 0.25) is 0 Å². The predicted octanol–water partition coefficient (Wildman–Crippen LogP) is 2.38. The zero-order chi connectivity index (χ0) is 9.56. The summed E-state index contributed by atoms with van der Waals surface area (Å²) in [7, 11) is 5.60. The standard InChI is InChI=1S/C9H11B.C2H6/c1-3-8-6-9(10)5-4-7(8)2;1-2/h4-6H,3H2,1-2H3;1-2H3. The van der Waals surface area contributed by atoms with E-state index >= 15 is 0 Å². The van der Waals surface area contributed by atoms with Crippen LogP contribution < -0.4 is 5.46 Å². The van der Waals surface area contributed by atoms with Crippen molar-refractivity contribution in [3.05, 3.63) is 29.3 Å². The molecule has 1 rings (SSSR count). The second kappa shape index (κ2) is 5.88. The summed E-state index contributed by atoms with van der Waals surface area (Å²) in [6.07, 6.45) is 1.07. The van der Waals surface area contributed by atoms with Crippen molar-refractivity contribution >= 4 is 13.3 Å². The molecule has 0 saturated carbocycles. The van der Waals surface area contributed by atoms with E-state index < -0.39 is 0 Å². The zero-order valence-corrected chi connectivity index (χ0v) is 8.52. The van der Waals surface area contributed by atoms with E-state index in [1.807, 2.05) is 26.0 Å². The van der Waals surface area contributed by atoms with E-state index in [1.54, 1.807) is 0 Å². The number of aryl methyl sites for hydroxylation is 2. The normalized spacial score (nSPS) is 8.67. The van der Waals surface area contributed by atoms with Gasteiger partial charge in [-0.3, -0.25) is 0 Å². The van der Waals surface area contributed by atoms with Gasteiger partial charge in [-0.1, -0.05) is 44.4 Å². The number of hydrogen-bond donors (Lipinski definition) is 0. The molecule has 0 nitrogen and oxygen atoms in total. The third-order valence-electron chi connectivity index (χ3n) is 1.75. The summed E-state index contributed by atoms with van der Waals surface area (Å²) in [6.45, 7) is 8.25. The average Bonchev–Trinajstić information content (AvgIpc) is 2.13. The molecule has 0 fully saturated rings. The molecule has 0 unspecified atom stereocenters. The molecule has 0 N–H and O–H groups in total. The van der Waals surface area contributed by atoms with E-state index in [0.717, 1.165) is 11.9 Å². The quantitative estimate of drug-likeness (QED) is 0.553. The molecule has 2 radical (unpaired) electrons. The average molecular weight is 160 g/mol. The lowest BCUT2D eigenvalue weighted by molar-refractivity contribution is 1.11. The lowest BCUT2D eigenvalue weighted by atomic mass is 9.92. The van der Waals surface area contributed by atoms with Crippen molar-refractivity contribution in [1.82, 2.24) is 0 Å². The SMILES string of the molecule is CC.[B]c1ccc(C)c(CC)c1. The van der Waals surface area contributed by atoms with E-state index in [0.29, 0.717) is 0 Å². The smallest absolute Gasteiger partial charge is 0.0964 e. The number of benzene rings is 1. The minimum atomic E-state index is 0.863. The van der Waals surface area contributed by atoms with Gasteiger partial charge in [-0.05, 0) is 24.5 Å². The molecule has 1 aromatic rings. The first-order valence-electron chi connectivity index (χ1n) is 4.59. The minimum Gasteiger partial charge on any atom is -0.0964 e. The fraction of sp³-hybridized carbons (Fsp3) is 0.455. The van der Waals surface area contributed by atoms with Crippen molar-refractivity contribution in [2.75, 3.05) is 0 Å². The van der Waals surface area contributed by atoms with Crippen molar-refractivity contribution < 1.29 is 0 Å². The first kappa shape index (κ1) is 11.3. The largest absolute Gasteiger partial charge is 0.113 e. The molecule has 0 aliphatic carbocycles. The fourth-order valence-corrected chi connectivity index (χ4v) is 1.07. The molecule has 0 spiro atoms. The minimum absolute atomic E-state index is 0.863. The maximum Gasteiger partial charge on any atom is 0.113 e. The van der Waals surface area contributed by atoms with Crippen LogP contribution in [-0.2, 0) is 6.42 Å². The highest BCUT2D eigenvalue weighted by molar-refractivity contribution is 6.32. The molecule has 12 heavy (non-hydrogen) atoms. The topological polar surface area (TPSA) is 0 Å². The molecule has 64 valence electrons. The molecule has 0 heterocycles. The van der Waals surface area contributed by atoms with Gasteiger partial charge in [0.1, 0.15) is 7.85 Å². The molecule has 1 heteroatoms. The second-order valence-corrected chi connectivity index (χ2v) is 2.54. The molecule has 0 atom stereocenters. The highest BCUT2D eigenvalue weighted by atomic mass is 14.0. The number of rotatable bonds is 1. The fourth-order valence-electron chi connectivity index (χ4n) is 1.07. The van der Waals surface area contributed by atoms with Crippen LogP contribution in [0.15, 0.2) is 18.2 Å². The maximum absolute atomic E-state index is 5.60. The monoisotopic (exact) mass is 160 g/mol. The van der Waals surface area contributed by atoms with Gasteiger partial charge < -0.3 is 0 Å². The predicted molar refractivity (Wildman–Crippen MR) is 57.3 cm³/mol. The van der Waals surface area contributed by atoms with Crippen LogP contribution in [0.1, 0.15) is 31.9 Å². The third kappa shape index (κ3) is 3.12. The Kier molecular flexibility index (Phi) is 5.52. The van der Waals surface area contributed by atoms with Crippen LogP contribution in [0.4, 0.5) is 0 Å². The van der Waals surface area contributed by atoms with Gasteiger partial charge in [-0.2, -0.15) is 0 Å². The Balaban J connectivity index is 0.000000561.